The Morgan fingerprint density at radius 2 is 2.00 bits per heavy atom. The number of allylic oxidation sites excluding steroid dienone is 1. The first-order valence-electron chi connectivity index (χ1n) is 8.40. The van der Waals surface area contributed by atoms with Crippen molar-refractivity contribution in [2.24, 2.45) is 0 Å². The summed E-state index contributed by atoms with van der Waals surface area (Å²) in [7, 11) is 0. The Morgan fingerprint density at radius 3 is 2.59 bits per heavy atom. The highest BCUT2D eigenvalue weighted by molar-refractivity contribution is 6.50. The summed E-state index contributed by atoms with van der Waals surface area (Å²) in [6.45, 7) is 1.99. The number of nitrogens with zero attached hydrogens (tertiary/aromatic N) is 4. The molecule has 1 unspecified atom stereocenters. The number of fused-ring (bicyclic) bond motifs is 1. The van der Waals surface area contributed by atoms with Gasteiger partial charge in [-0.2, -0.15) is 10.5 Å². The number of hydrogen-bond acceptors (Lipinski definition) is 4. The number of halogens is 2. The number of carbonyl (C=O) groups excluding carboxylic acids is 1. The third kappa shape index (κ3) is 3.42. The fraction of sp³-hybridized carbons (Fsp3) is 0.263. The molecule has 2 aromatic rings. The van der Waals surface area contributed by atoms with Crippen LogP contribution in [0.1, 0.15) is 48.9 Å². The van der Waals surface area contributed by atoms with Gasteiger partial charge in [0.25, 0.3) is 0 Å². The van der Waals surface area contributed by atoms with Gasteiger partial charge < -0.3 is 5.32 Å². The van der Waals surface area contributed by atoms with E-state index in [4.69, 9.17) is 23.2 Å². The maximum Gasteiger partial charge on any atom is 0.225 e. The number of rotatable bonds is 5. The summed E-state index contributed by atoms with van der Waals surface area (Å²) in [4.78, 5) is 12.0. The lowest BCUT2D eigenvalue weighted by Crippen LogP contribution is -2.12. The van der Waals surface area contributed by atoms with Crippen LogP contribution in [0.5, 0.6) is 0 Å². The van der Waals surface area contributed by atoms with Crippen LogP contribution in [-0.2, 0) is 4.79 Å². The number of carbonyl (C=O) groups is 1. The van der Waals surface area contributed by atoms with E-state index >= 15 is 0 Å². The predicted molar refractivity (Wildman–Crippen MR) is 104 cm³/mol. The lowest BCUT2D eigenvalue weighted by Gasteiger charge is -2.09. The Labute approximate surface area is 166 Å². The minimum atomic E-state index is -0.776. The molecule has 8 heteroatoms. The Bertz CT molecular complexity index is 1010. The molecule has 0 fully saturated rings. The number of anilines is 1. The molecule has 1 aromatic heterocycles. The highest BCUT2D eigenvalue weighted by Crippen LogP contribution is 2.46. The summed E-state index contributed by atoms with van der Waals surface area (Å²) >= 11 is 12.4. The molecule has 0 spiro atoms. The fourth-order valence-electron chi connectivity index (χ4n) is 2.99. The van der Waals surface area contributed by atoms with Gasteiger partial charge in [-0.1, -0.05) is 48.7 Å². The third-order valence-electron chi connectivity index (χ3n) is 4.30. The van der Waals surface area contributed by atoms with Crippen molar-refractivity contribution in [1.82, 2.24) is 9.78 Å². The molecule has 2 heterocycles. The van der Waals surface area contributed by atoms with E-state index in [9.17, 15) is 15.3 Å². The zero-order valence-electron chi connectivity index (χ0n) is 14.5. The molecule has 0 saturated carbocycles. The van der Waals surface area contributed by atoms with E-state index in [1.807, 2.05) is 13.0 Å². The molecule has 1 amide bonds. The maximum absolute atomic E-state index is 12.0. The van der Waals surface area contributed by atoms with Crippen LogP contribution in [-0.4, -0.2) is 15.7 Å². The van der Waals surface area contributed by atoms with Crippen LogP contribution in [0.15, 0.2) is 24.3 Å². The van der Waals surface area contributed by atoms with Gasteiger partial charge >= 0.3 is 0 Å². The number of benzene rings is 1. The Morgan fingerprint density at radius 1 is 1.30 bits per heavy atom. The van der Waals surface area contributed by atoms with Gasteiger partial charge in [0.1, 0.15) is 22.7 Å². The Hall–Kier alpha value is -2.80. The average molecular weight is 400 g/mol. The van der Waals surface area contributed by atoms with Crippen molar-refractivity contribution >= 4 is 45.7 Å². The molecule has 1 aromatic carbocycles. The first kappa shape index (κ1) is 19.0. The average Bonchev–Trinajstić information content (AvgIpc) is 3.14. The van der Waals surface area contributed by atoms with E-state index in [2.05, 4.69) is 16.5 Å². The van der Waals surface area contributed by atoms with E-state index in [1.54, 1.807) is 24.3 Å². The maximum atomic E-state index is 12.0. The minimum Gasteiger partial charge on any atom is -0.308 e. The molecule has 0 bridgehead atoms. The first-order valence-corrected chi connectivity index (χ1v) is 9.15. The second-order valence-corrected chi connectivity index (χ2v) is 6.85. The van der Waals surface area contributed by atoms with Gasteiger partial charge in [-0.25, -0.2) is 4.68 Å². The lowest BCUT2D eigenvalue weighted by atomic mass is 9.92. The SMILES string of the molecule is CCCCC(=O)Nc1nn2c(c1C#N)C(C#N)C(c1ccc(Cl)cc1)=C2Cl. The molecule has 1 N–H and O–H groups in total. The van der Waals surface area contributed by atoms with Crippen LogP contribution in [0.25, 0.3) is 10.7 Å². The standard InChI is InChI=1S/C19H15Cl2N5O/c1-2-3-4-15(27)24-19-14(10-23)17-13(9-22)16(18(21)26(17)25-19)11-5-7-12(20)8-6-11/h5-8,13H,2-4H2,1H3,(H,24,25,27). The molecular weight excluding hydrogens is 385 g/mol. The molecule has 1 aliphatic heterocycles. The second-order valence-electron chi connectivity index (χ2n) is 6.06. The Balaban J connectivity index is 2.04. The molecule has 0 aliphatic carbocycles. The first-order chi connectivity index (χ1) is 13.0. The molecule has 1 aliphatic rings. The van der Waals surface area contributed by atoms with Crippen LogP contribution in [0.4, 0.5) is 5.82 Å². The van der Waals surface area contributed by atoms with Gasteiger partial charge in [-0.15, -0.1) is 5.10 Å². The van der Waals surface area contributed by atoms with Crippen LogP contribution in [0.2, 0.25) is 5.02 Å². The van der Waals surface area contributed by atoms with Crippen LogP contribution in [0.3, 0.4) is 0 Å². The number of amides is 1. The zero-order chi connectivity index (χ0) is 19.6. The number of unbranched alkanes of at least 4 members (excludes halogenated alkanes) is 1. The highest BCUT2D eigenvalue weighted by atomic mass is 35.5. The molecule has 27 heavy (non-hydrogen) atoms. The van der Waals surface area contributed by atoms with Crippen LogP contribution < -0.4 is 5.32 Å². The molecule has 6 nitrogen and oxygen atoms in total. The van der Waals surface area contributed by atoms with Gasteiger partial charge in [-0.3, -0.25) is 4.79 Å². The molecule has 0 radical (unpaired) electrons. The predicted octanol–water partition coefficient (Wildman–Crippen LogP) is 4.72. The molecule has 136 valence electrons. The molecule has 0 saturated heterocycles. The van der Waals surface area contributed by atoms with Gasteiger partial charge in [0.05, 0.1) is 11.8 Å². The van der Waals surface area contributed by atoms with Crippen molar-refractivity contribution in [3.63, 3.8) is 0 Å². The van der Waals surface area contributed by atoms with E-state index in [1.165, 1.54) is 4.68 Å². The van der Waals surface area contributed by atoms with Crippen LogP contribution in [0, 0.1) is 22.7 Å². The quantitative estimate of drug-likeness (QED) is 0.786. The van der Waals surface area contributed by atoms with Crippen molar-refractivity contribution in [2.75, 3.05) is 5.32 Å². The molecule has 1 atom stereocenters. The van der Waals surface area contributed by atoms with Gasteiger partial charge in [-0.05, 0) is 24.1 Å². The second kappa shape index (κ2) is 7.84. The van der Waals surface area contributed by atoms with Crippen molar-refractivity contribution < 1.29 is 4.79 Å². The molecular formula is C19H15Cl2N5O. The summed E-state index contributed by atoms with van der Waals surface area (Å²) in [5.74, 6) is -0.874. The zero-order valence-corrected chi connectivity index (χ0v) is 16.0. The Kier molecular flexibility index (Phi) is 5.51. The van der Waals surface area contributed by atoms with Gasteiger partial charge in [0.15, 0.2) is 5.82 Å². The van der Waals surface area contributed by atoms with E-state index in [-0.39, 0.29) is 22.4 Å². The third-order valence-corrected chi connectivity index (χ3v) is 4.92. The van der Waals surface area contributed by atoms with E-state index in [0.717, 1.165) is 18.4 Å². The van der Waals surface area contributed by atoms with Crippen molar-refractivity contribution in [3.8, 4) is 12.1 Å². The van der Waals surface area contributed by atoms with Gasteiger partial charge in [0, 0.05) is 17.0 Å². The summed E-state index contributed by atoms with van der Waals surface area (Å²) in [6.07, 6.45) is 1.96. The fourth-order valence-corrected chi connectivity index (χ4v) is 3.46. The smallest absolute Gasteiger partial charge is 0.225 e. The number of nitriles is 2. The largest absolute Gasteiger partial charge is 0.308 e. The minimum absolute atomic E-state index is 0.127. The summed E-state index contributed by atoms with van der Waals surface area (Å²) in [5, 5.41) is 27.1. The summed E-state index contributed by atoms with van der Waals surface area (Å²) < 4.78 is 1.35. The van der Waals surface area contributed by atoms with Crippen molar-refractivity contribution in [1.29, 1.82) is 10.5 Å². The number of nitrogens with one attached hydrogen (secondary N) is 1. The normalized spacial score (nSPS) is 15.2. The monoisotopic (exact) mass is 399 g/mol. The van der Waals surface area contributed by atoms with Crippen LogP contribution >= 0.6 is 23.2 Å². The number of hydrogen-bond donors (Lipinski definition) is 1. The van der Waals surface area contributed by atoms with Crippen molar-refractivity contribution in [3.05, 3.63) is 46.1 Å². The van der Waals surface area contributed by atoms with E-state index in [0.29, 0.717) is 22.7 Å². The summed E-state index contributed by atoms with van der Waals surface area (Å²) in [5.41, 5.74) is 1.78. The lowest BCUT2D eigenvalue weighted by molar-refractivity contribution is -0.116. The van der Waals surface area contributed by atoms with Gasteiger partial charge in [0.2, 0.25) is 5.91 Å². The highest BCUT2D eigenvalue weighted by Gasteiger charge is 2.37. The van der Waals surface area contributed by atoms with E-state index < -0.39 is 5.92 Å². The van der Waals surface area contributed by atoms with Crippen molar-refractivity contribution in [2.45, 2.75) is 32.1 Å². The topological polar surface area (TPSA) is 94.5 Å². The summed E-state index contributed by atoms with van der Waals surface area (Å²) in [6, 6.07) is 11.2. The molecule has 3 rings (SSSR count). The number of aromatic nitrogens is 2.